The monoisotopic (exact) mass is 417 g/mol. The summed E-state index contributed by atoms with van der Waals surface area (Å²) in [5.74, 6) is -1.18. The summed E-state index contributed by atoms with van der Waals surface area (Å²) in [7, 11) is 1.31. The molecule has 0 bridgehead atoms. The third kappa shape index (κ3) is 5.79. The third-order valence-corrected chi connectivity index (χ3v) is 4.54. The summed E-state index contributed by atoms with van der Waals surface area (Å²) in [4.78, 5) is 23.8. The summed E-state index contributed by atoms with van der Waals surface area (Å²) in [6.45, 7) is -3.40. The zero-order valence-corrected chi connectivity index (χ0v) is 16.3. The van der Waals surface area contributed by atoms with Gasteiger partial charge in [0, 0.05) is 11.8 Å². The van der Waals surface area contributed by atoms with Gasteiger partial charge in [-0.15, -0.1) is 0 Å². The van der Waals surface area contributed by atoms with E-state index in [0.717, 1.165) is 25.3 Å². The minimum atomic E-state index is -2.97. The molecule has 0 fully saturated rings. The van der Waals surface area contributed by atoms with Crippen LogP contribution in [-0.4, -0.2) is 32.2 Å². The second kappa shape index (κ2) is 9.87. The third-order valence-electron chi connectivity index (χ3n) is 4.54. The Morgan fingerprint density at radius 3 is 2.67 bits per heavy atom. The molecule has 6 nitrogen and oxygen atoms in total. The molecule has 158 valence electrons. The Balaban J connectivity index is 1.50. The van der Waals surface area contributed by atoms with Crippen LogP contribution in [0.5, 0.6) is 11.5 Å². The molecule has 2 aromatic rings. The number of halogens is 2. The molecule has 0 aromatic heterocycles. The van der Waals surface area contributed by atoms with Crippen LogP contribution in [0.15, 0.2) is 42.5 Å². The largest absolute Gasteiger partial charge is 0.493 e. The van der Waals surface area contributed by atoms with Gasteiger partial charge in [0.1, 0.15) is 0 Å². The Kier molecular flexibility index (Phi) is 7.00. The number of esters is 1. The molecule has 2 aromatic carbocycles. The van der Waals surface area contributed by atoms with Crippen LogP contribution >= 0.6 is 0 Å². The highest BCUT2D eigenvalue weighted by atomic mass is 19.3. The number of hydrogen-bond donors (Lipinski definition) is 1. The molecule has 1 aliphatic carbocycles. The molecule has 3 rings (SSSR count). The van der Waals surface area contributed by atoms with E-state index < -0.39 is 25.1 Å². The van der Waals surface area contributed by atoms with Crippen molar-refractivity contribution in [2.45, 2.75) is 25.9 Å². The Morgan fingerprint density at radius 2 is 1.90 bits per heavy atom. The Morgan fingerprint density at radius 1 is 1.10 bits per heavy atom. The number of aryl methyl sites for hydroxylation is 2. The van der Waals surface area contributed by atoms with Gasteiger partial charge in [-0.05, 0) is 66.3 Å². The summed E-state index contributed by atoms with van der Waals surface area (Å²) in [5.41, 5.74) is 3.71. The van der Waals surface area contributed by atoms with Crippen molar-refractivity contribution < 1.29 is 32.6 Å². The van der Waals surface area contributed by atoms with E-state index >= 15 is 0 Å². The highest BCUT2D eigenvalue weighted by Gasteiger charge is 2.13. The van der Waals surface area contributed by atoms with Gasteiger partial charge in [0.2, 0.25) is 0 Å². The molecule has 1 amide bonds. The van der Waals surface area contributed by atoms with Gasteiger partial charge in [-0.1, -0.05) is 12.1 Å². The maximum absolute atomic E-state index is 12.4. The van der Waals surface area contributed by atoms with Gasteiger partial charge in [0.15, 0.2) is 18.1 Å². The van der Waals surface area contributed by atoms with E-state index in [4.69, 9.17) is 9.47 Å². The fraction of sp³-hybridized carbons (Fsp3) is 0.273. The molecule has 0 saturated carbocycles. The van der Waals surface area contributed by atoms with E-state index in [1.165, 1.54) is 42.5 Å². The summed E-state index contributed by atoms with van der Waals surface area (Å²) in [6, 6.07) is 9.99. The second-order valence-corrected chi connectivity index (χ2v) is 6.62. The first kappa shape index (κ1) is 21.3. The number of anilines is 1. The molecule has 0 aliphatic heterocycles. The summed E-state index contributed by atoms with van der Waals surface area (Å²) >= 11 is 0. The Bertz CT molecular complexity index is 959. The van der Waals surface area contributed by atoms with Gasteiger partial charge in [0.05, 0.1) is 7.11 Å². The van der Waals surface area contributed by atoms with Crippen molar-refractivity contribution in [2.75, 3.05) is 19.0 Å². The average molecular weight is 417 g/mol. The van der Waals surface area contributed by atoms with E-state index in [2.05, 4.69) is 10.1 Å². The van der Waals surface area contributed by atoms with Crippen molar-refractivity contribution in [2.24, 2.45) is 0 Å². The zero-order chi connectivity index (χ0) is 21.5. The zero-order valence-electron chi connectivity index (χ0n) is 16.3. The van der Waals surface area contributed by atoms with Crippen molar-refractivity contribution in [3.8, 4) is 11.5 Å². The number of nitrogens with one attached hydrogen (secondary N) is 1. The van der Waals surface area contributed by atoms with Crippen molar-refractivity contribution in [1.29, 1.82) is 0 Å². The SMILES string of the molecule is COc1cc(C=CC(=O)OCC(=O)Nc2ccc3c(c2)CCC3)ccc1OC(F)F. The fourth-order valence-electron chi connectivity index (χ4n) is 3.18. The number of ether oxygens (including phenoxy) is 3. The van der Waals surface area contributed by atoms with E-state index in [1.807, 2.05) is 18.2 Å². The highest BCUT2D eigenvalue weighted by molar-refractivity contribution is 5.94. The first-order valence-corrected chi connectivity index (χ1v) is 9.34. The molecule has 30 heavy (non-hydrogen) atoms. The maximum Gasteiger partial charge on any atom is 0.387 e. The fourth-order valence-corrected chi connectivity index (χ4v) is 3.18. The number of amides is 1. The van der Waals surface area contributed by atoms with Crippen LogP contribution in [0.4, 0.5) is 14.5 Å². The van der Waals surface area contributed by atoms with Crippen LogP contribution in [0, 0.1) is 0 Å². The molecule has 1 N–H and O–H groups in total. The highest BCUT2D eigenvalue weighted by Crippen LogP contribution is 2.30. The van der Waals surface area contributed by atoms with Gasteiger partial charge in [-0.3, -0.25) is 4.79 Å². The molecular weight excluding hydrogens is 396 g/mol. The quantitative estimate of drug-likeness (QED) is 0.520. The van der Waals surface area contributed by atoms with Gasteiger partial charge in [-0.25, -0.2) is 4.79 Å². The number of fused-ring (bicyclic) bond motifs is 1. The molecule has 0 radical (unpaired) electrons. The minimum Gasteiger partial charge on any atom is -0.493 e. The number of benzene rings is 2. The molecule has 0 saturated heterocycles. The standard InChI is InChI=1S/C22H21F2NO5/c1-28-19-11-14(5-9-18(19)30-22(23)24)6-10-21(27)29-13-20(26)25-17-8-7-15-3-2-4-16(15)12-17/h5-12,22H,2-4,13H2,1H3,(H,25,26). The molecule has 8 heteroatoms. The number of carbonyl (C=O) groups excluding carboxylic acids is 2. The topological polar surface area (TPSA) is 73.9 Å². The van der Waals surface area contributed by atoms with Gasteiger partial charge >= 0.3 is 12.6 Å². The van der Waals surface area contributed by atoms with E-state index in [1.54, 1.807) is 0 Å². The Labute approximate surface area is 172 Å². The van der Waals surface area contributed by atoms with Crippen molar-refractivity contribution in [3.05, 3.63) is 59.2 Å². The van der Waals surface area contributed by atoms with E-state index in [-0.39, 0.29) is 11.5 Å². The van der Waals surface area contributed by atoms with Crippen LogP contribution in [0.25, 0.3) is 6.08 Å². The predicted molar refractivity (Wildman–Crippen MR) is 107 cm³/mol. The van der Waals surface area contributed by atoms with E-state index in [9.17, 15) is 18.4 Å². The first-order chi connectivity index (χ1) is 14.4. The summed E-state index contributed by atoms with van der Waals surface area (Å²) in [5, 5.41) is 2.71. The van der Waals surface area contributed by atoms with E-state index in [0.29, 0.717) is 11.3 Å². The molecule has 0 spiro atoms. The van der Waals surface area contributed by atoms with Gasteiger partial charge in [-0.2, -0.15) is 8.78 Å². The predicted octanol–water partition coefficient (Wildman–Crippen LogP) is 3.98. The number of rotatable bonds is 8. The molecule has 0 unspecified atom stereocenters. The van der Waals surface area contributed by atoms with Crippen molar-refractivity contribution in [1.82, 2.24) is 0 Å². The first-order valence-electron chi connectivity index (χ1n) is 9.34. The van der Waals surface area contributed by atoms with Crippen LogP contribution in [-0.2, 0) is 27.2 Å². The van der Waals surface area contributed by atoms with Crippen LogP contribution < -0.4 is 14.8 Å². The smallest absolute Gasteiger partial charge is 0.387 e. The molecule has 1 aliphatic rings. The summed E-state index contributed by atoms with van der Waals surface area (Å²) in [6.07, 6.45) is 5.71. The molecule has 0 atom stereocenters. The lowest BCUT2D eigenvalue weighted by Crippen LogP contribution is -2.20. The molecule has 0 heterocycles. The lowest BCUT2D eigenvalue weighted by atomic mass is 10.1. The lowest BCUT2D eigenvalue weighted by molar-refractivity contribution is -0.142. The average Bonchev–Trinajstić information content (AvgIpc) is 3.19. The second-order valence-electron chi connectivity index (χ2n) is 6.62. The van der Waals surface area contributed by atoms with Crippen LogP contribution in [0.1, 0.15) is 23.1 Å². The lowest BCUT2D eigenvalue weighted by Gasteiger charge is -2.10. The number of carbonyl (C=O) groups is 2. The van der Waals surface area contributed by atoms with Gasteiger partial charge < -0.3 is 19.5 Å². The normalized spacial score (nSPS) is 12.7. The minimum absolute atomic E-state index is 0.0968. The number of methoxy groups -OCH3 is 1. The number of hydrogen-bond acceptors (Lipinski definition) is 5. The summed E-state index contributed by atoms with van der Waals surface area (Å²) < 4.78 is 39.0. The van der Waals surface area contributed by atoms with Crippen LogP contribution in [0.3, 0.4) is 0 Å². The maximum atomic E-state index is 12.4. The molecular formula is C22H21F2NO5. The van der Waals surface area contributed by atoms with Gasteiger partial charge in [0.25, 0.3) is 5.91 Å². The number of alkyl halides is 2. The van der Waals surface area contributed by atoms with Crippen molar-refractivity contribution in [3.63, 3.8) is 0 Å². The van der Waals surface area contributed by atoms with Crippen LogP contribution in [0.2, 0.25) is 0 Å². The Hall–Kier alpha value is -3.42. The van der Waals surface area contributed by atoms with Crippen molar-refractivity contribution >= 4 is 23.6 Å².